The second-order valence-corrected chi connectivity index (χ2v) is 5.64. The molecule has 0 bridgehead atoms. The molecule has 2 rings (SSSR count). The summed E-state index contributed by atoms with van der Waals surface area (Å²) in [5.74, 6) is -0.922. The minimum absolute atomic E-state index is 0.281. The van der Waals surface area contributed by atoms with E-state index in [0.717, 1.165) is 14.3 Å². The first kappa shape index (κ1) is 13.0. The summed E-state index contributed by atoms with van der Waals surface area (Å²) in [7, 11) is 0. The van der Waals surface area contributed by atoms with Crippen molar-refractivity contribution in [2.24, 2.45) is 0 Å². The van der Waals surface area contributed by atoms with Gasteiger partial charge < -0.3 is 10.8 Å². The number of carbonyl (C=O) groups is 1. The van der Waals surface area contributed by atoms with Gasteiger partial charge in [0.1, 0.15) is 0 Å². The van der Waals surface area contributed by atoms with Crippen LogP contribution >= 0.6 is 27.7 Å². The highest BCUT2D eigenvalue weighted by Crippen LogP contribution is 2.33. The third-order valence-corrected chi connectivity index (χ3v) is 3.89. The molecule has 0 amide bonds. The van der Waals surface area contributed by atoms with Crippen LogP contribution < -0.4 is 5.73 Å². The van der Waals surface area contributed by atoms with E-state index in [1.54, 1.807) is 24.3 Å². The summed E-state index contributed by atoms with van der Waals surface area (Å²) >= 11 is 4.86. The minimum Gasteiger partial charge on any atom is -0.478 e. The molecule has 0 aliphatic carbocycles. The average Bonchev–Trinajstić information content (AvgIpc) is 2.33. The lowest BCUT2D eigenvalue weighted by Gasteiger charge is -2.06. The smallest absolute Gasteiger partial charge is 0.335 e. The Bertz CT molecular complexity index is 584. The molecule has 0 aliphatic heterocycles. The Balaban J connectivity index is 2.21. The van der Waals surface area contributed by atoms with E-state index >= 15 is 0 Å². The maximum absolute atomic E-state index is 10.7. The highest BCUT2D eigenvalue weighted by molar-refractivity contribution is 9.10. The minimum atomic E-state index is -0.922. The molecule has 18 heavy (non-hydrogen) atoms. The number of anilines is 1. The third kappa shape index (κ3) is 3.05. The van der Waals surface area contributed by atoms with Gasteiger partial charge in [0.2, 0.25) is 0 Å². The first-order valence-corrected chi connectivity index (χ1v) is 6.73. The summed E-state index contributed by atoms with van der Waals surface area (Å²) in [6.07, 6.45) is 0. The zero-order chi connectivity index (χ0) is 13.1. The van der Waals surface area contributed by atoms with Crippen LogP contribution in [0.1, 0.15) is 10.4 Å². The fraction of sp³-hybridized carbons (Fsp3) is 0. The molecular weight excluding hydrogens is 314 g/mol. The molecule has 0 heterocycles. The molecule has 2 aromatic rings. The monoisotopic (exact) mass is 323 g/mol. The summed E-state index contributed by atoms with van der Waals surface area (Å²) in [6, 6.07) is 12.4. The second kappa shape index (κ2) is 5.46. The quantitative estimate of drug-likeness (QED) is 0.841. The van der Waals surface area contributed by atoms with E-state index in [0.29, 0.717) is 5.69 Å². The van der Waals surface area contributed by atoms with Gasteiger partial charge in [-0.2, -0.15) is 0 Å². The van der Waals surface area contributed by atoms with E-state index in [2.05, 4.69) is 15.9 Å². The molecule has 0 aliphatic rings. The van der Waals surface area contributed by atoms with Gasteiger partial charge >= 0.3 is 5.97 Å². The van der Waals surface area contributed by atoms with Crippen molar-refractivity contribution in [3.63, 3.8) is 0 Å². The number of nitrogens with two attached hydrogens (primary N) is 1. The maximum Gasteiger partial charge on any atom is 0.335 e. The fourth-order valence-corrected chi connectivity index (χ4v) is 2.62. The molecule has 0 aromatic heterocycles. The van der Waals surface area contributed by atoms with Gasteiger partial charge in [-0.05, 0) is 42.5 Å². The van der Waals surface area contributed by atoms with E-state index in [1.807, 2.05) is 18.2 Å². The number of halogens is 1. The number of hydrogen-bond donors (Lipinski definition) is 2. The van der Waals surface area contributed by atoms with Crippen LogP contribution in [-0.4, -0.2) is 11.1 Å². The van der Waals surface area contributed by atoms with Crippen molar-refractivity contribution in [2.45, 2.75) is 9.79 Å². The molecule has 2 aromatic carbocycles. The highest BCUT2D eigenvalue weighted by Gasteiger charge is 2.05. The number of nitrogen functional groups attached to an aromatic ring is 1. The summed E-state index contributed by atoms with van der Waals surface area (Å²) in [5.41, 5.74) is 6.87. The van der Waals surface area contributed by atoms with Gasteiger partial charge in [0, 0.05) is 20.0 Å². The molecule has 0 unspecified atom stereocenters. The normalized spacial score (nSPS) is 10.3. The van der Waals surface area contributed by atoms with E-state index in [-0.39, 0.29) is 5.56 Å². The molecule has 0 spiro atoms. The fourth-order valence-electron chi connectivity index (χ4n) is 1.40. The van der Waals surface area contributed by atoms with Crippen LogP contribution in [0.25, 0.3) is 0 Å². The van der Waals surface area contributed by atoms with Crippen molar-refractivity contribution >= 4 is 39.3 Å². The maximum atomic E-state index is 10.7. The SMILES string of the molecule is Nc1cc(Br)ccc1Sc1ccc(C(=O)O)cc1. The van der Waals surface area contributed by atoms with Gasteiger partial charge in [0.15, 0.2) is 0 Å². The zero-order valence-electron chi connectivity index (χ0n) is 9.26. The molecule has 0 radical (unpaired) electrons. The molecule has 5 heteroatoms. The number of benzene rings is 2. The molecular formula is C13H10BrNO2S. The van der Waals surface area contributed by atoms with Crippen LogP contribution in [0.15, 0.2) is 56.7 Å². The van der Waals surface area contributed by atoms with Gasteiger partial charge in [-0.1, -0.05) is 27.7 Å². The Morgan fingerprint density at radius 1 is 1.17 bits per heavy atom. The largest absolute Gasteiger partial charge is 0.478 e. The molecule has 3 nitrogen and oxygen atoms in total. The average molecular weight is 324 g/mol. The Kier molecular flexibility index (Phi) is 3.93. The summed E-state index contributed by atoms with van der Waals surface area (Å²) < 4.78 is 0.936. The van der Waals surface area contributed by atoms with Crippen molar-refractivity contribution in [2.75, 3.05) is 5.73 Å². The van der Waals surface area contributed by atoms with Crippen LogP contribution in [0.5, 0.6) is 0 Å². The topological polar surface area (TPSA) is 63.3 Å². The number of rotatable bonds is 3. The van der Waals surface area contributed by atoms with Gasteiger partial charge in [0.25, 0.3) is 0 Å². The van der Waals surface area contributed by atoms with Crippen molar-refractivity contribution in [3.05, 3.63) is 52.5 Å². The first-order chi connectivity index (χ1) is 8.56. The van der Waals surface area contributed by atoms with Crippen molar-refractivity contribution in [1.82, 2.24) is 0 Å². The van der Waals surface area contributed by atoms with E-state index in [1.165, 1.54) is 11.8 Å². The zero-order valence-corrected chi connectivity index (χ0v) is 11.7. The lowest BCUT2D eigenvalue weighted by Crippen LogP contribution is -1.94. The molecule has 0 saturated carbocycles. The predicted molar refractivity (Wildman–Crippen MR) is 76.1 cm³/mol. The third-order valence-electron chi connectivity index (χ3n) is 2.30. The molecule has 3 N–H and O–H groups in total. The Labute approximate surface area is 117 Å². The summed E-state index contributed by atoms with van der Waals surface area (Å²) in [5, 5.41) is 8.81. The number of aromatic carboxylic acids is 1. The lowest BCUT2D eigenvalue weighted by atomic mass is 10.2. The first-order valence-electron chi connectivity index (χ1n) is 5.12. The Morgan fingerprint density at radius 3 is 2.39 bits per heavy atom. The van der Waals surface area contributed by atoms with Gasteiger partial charge in [-0.25, -0.2) is 4.79 Å². The van der Waals surface area contributed by atoms with Gasteiger partial charge in [-0.15, -0.1) is 0 Å². The Hall–Kier alpha value is -1.46. The molecule has 92 valence electrons. The van der Waals surface area contributed by atoms with Gasteiger partial charge in [-0.3, -0.25) is 0 Å². The van der Waals surface area contributed by atoms with Crippen LogP contribution in [0, 0.1) is 0 Å². The highest BCUT2D eigenvalue weighted by atomic mass is 79.9. The molecule has 0 atom stereocenters. The van der Waals surface area contributed by atoms with E-state index in [9.17, 15) is 4.79 Å². The van der Waals surface area contributed by atoms with Crippen molar-refractivity contribution in [3.8, 4) is 0 Å². The molecule has 0 saturated heterocycles. The van der Waals surface area contributed by atoms with Crippen LogP contribution in [0.3, 0.4) is 0 Å². The van der Waals surface area contributed by atoms with E-state index in [4.69, 9.17) is 10.8 Å². The lowest BCUT2D eigenvalue weighted by molar-refractivity contribution is 0.0697. The summed E-state index contributed by atoms with van der Waals surface area (Å²) in [4.78, 5) is 12.6. The molecule has 0 fully saturated rings. The summed E-state index contributed by atoms with van der Waals surface area (Å²) in [6.45, 7) is 0. The van der Waals surface area contributed by atoms with Crippen molar-refractivity contribution < 1.29 is 9.90 Å². The second-order valence-electron chi connectivity index (χ2n) is 3.61. The number of carboxylic acid groups (broad SMARTS) is 1. The van der Waals surface area contributed by atoms with Crippen molar-refractivity contribution in [1.29, 1.82) is 0 Å². The van der Waals surface area contributed by atoms with Crippen LogP contribution in [0.2, 0.25) is 0 Å². The number of hydrogen-bond acceptors (Lipinski definition) is 3. The number of carboxylic acids is 1. The predicted octanol–water partition coefficient (Wildman–Crippen LogP) is 3.88. The van der Waals surface area contributed by atoms with Crippen LogP contribution in [-0.2, 0) is 0 Å². The van der Waals surface area contributed by atoms with Crippen LogP contribution in [0.4, 0.5) is 5.69 Å². The van der Waals surface area contributed by atoms with Gasteiger partial charge in [0.05, 0.1) is 5.56 Å². The van der Waals surface area contributed by atoms with E-state index < -0.39 is 5.97 Å². The standard InChI is InChI=1S/C13H10BrNO2S/c14-9-3-6-12(11(15)7-9)18-10-4-1-8(2-5-10)13(16)17/h1-7H,15H2,(H,16,17). The Morgan fingerprint density at radius 2 is 1.83 bits per heavy atom.